The zero-order valence-electron chi connectivity index (χ0n) is 16.9. The number of nitrogens with zero attached hydrogens (tertiary/aromatic N) is 1. The Kier molecular flexibility index (Phi) is 6.21. The number of rotatable bonds is 4. The first kappa shape index (κ1) is 22.3. The Morgan fingerprint density at radius 1 is 1.06 bits per heavy atom. The molecule has 0 aliphatic carbocycles. The van der Waals surface area contributed by atoms with Crippen LogP contribution in [0, 0.1) is 10.5 Å². The summed E-state index contributed by atoms with van der Waals surface area (Å²) in [6.45, 7) is 1.90. The molecule has 1 aliphatic rings. The molecule has 0 bridgehead atoms. The van der Waals surface area contributed by atoms with Crippen molar-refractivity contribution in [3.05, 3.63) is 97.6 Å². The lowest BCUT2D eigenvalue weighted by Crippen LogP contribution is -2.44. The van der Waals surface area contributed by atoms with E-state index in [1.807, 2.05) is 6.92 Å². The van der Waals surface area contributed by atoms with E-state index in [1.165, 1.54) is 4.90 Å². The molecule has 0 radical (unpaired) electrons. The Hall–Kier alpha value is -2.91. The number of amides is 2. The van der Waals surface area contributed by atoms with Gasteiger partial charge in [0.1, 0.15) is 6.04 Å². The molecule has 0 fully saturated rings. The second kappa shape index (κ2) is 8.91. The maximum atomic E-state index is 13.8. The maximum Gasteiger partial charge on any atom is 0.331 e. The molecule has 1 heterocycles. The lowest BCUT2D eigenvalue weighted by atomic mass is 10.00. The molecular weight excluding hydrogens is 543 g/mol. The predicted molar refractivity (Wildman–Crippen MR) is 130 cm³/mol. The molecule has 4 rings (SSSR count). The normalized spacial score (nSPS) is 16.7. The molecule has 2 amide bonds. The third-order valence-corrected chi connectivity index (χ3v) is 6.23. The third-order valence-electron chi connectivity index (χ3n) is 5.31. The standard InChI is InChI=1S/C24H18ClIN2O4/c1-13-2-4-15(5-3-13)21(24(31)32)28-19-11-10-17(26)12-18(19)22(29)27-20(23(28)30)14-6-8-16(25)9-7-14/h2-12,20-21H,1H3,(H,27,29)(H,31,32). The number of anilines is 1. The number of carboxylic acids is 1. The fraction of sp³-hybridized carbons (Fsp3) is 0.125. The van der Waals surface area contributed by atoms with Crippen LogP contribution >= 0.6 is 34.2 Å². The first-order valence-corrected chi connectivity index (χ1v) is 11.2. The molecular formula is C24H18ClIN2O4. The summed E-state index contributed by atoms with van der Waals surface area (Å²) in [6.07, 6.45) is 0. The van der Waals surface area contributed by atoms with Gasteiger partial charge in [-0.1, -0.05) is 53.6 Å². The topological polar surface area (TPSA) is 86.7 Å². The average Bonchev–Trinajstić information content (AvgIpc) is 2.86. The zero-order valence-corrected chi connectivity index (χ0v) is 19.8. The number of aryl methyl sites for hydroxylation is 1. The van der Waals surface area contributed by atoms with E-state index in [1.54, 1.807) is 66.7 Å². The summed E-state index contributed by atoms with van der Waals surface area (Å²) in [4.78, 5) is 40.6. The van der Waals surface area contributed by atoms with Crippen LogP contribution < -0.4 is 10.2 Å². The molecule has 2 unspecified atom stereocenters. The van der Waals surface area contributed by atoms with Gasteiger partial charge in [-0.2, -0.15) is 0 Å². The second-order valence-corrected chi connectivity index (χ2v) is 9.16. The predicted octanol–water partition coefficient (Wildman–Crippen LogP) is 4.90. The van der Waals surface area contributed by atoms with Crippen molar-refractivity contribution in [3.8, 4) is 0 Å². The summed E-state index contributed by atoms with van der Waals surface area (Å²) < 4.78 is 0.788. The number of fused-ring (bicyclic) bond motifs is 1. The van der Waals surface area contributed by atoms with Gasteiger partial charge in [-0.3, -0.25) is 14.5 Å². The Bertz CT molecular complexity index is 1210. The lowest BCUT2D eigenvalue weighted by Gasteiger charge is -2.31. The molecule has 32 heavy (non-hydrogen) atoms. The van der Waals surface area contributed by atoms with Gasteiger partial charge in [-0.05, 0) is 71.0 Å². The van der Waals surface area contributed by atoms with E-state index in [-0.39, 0.29) is 11.3 Å². The van der Waals surface area contributed by atoms with E-state index in [0.717, 1.165) is 9.13 Å². The maximum absolute atomic E-state index is 13.8. The molecule has 2 atom stereocenters. The number of carbonyl (C=O) groups excluding carboxylic acids is 2. The number of aliphatic carboxylic acids is 1. The van der Waals surface area contributed by atoms with Crippen LogP contribution in [0.4, 0.5) is 5.69 Å². The summed E-state index contributed by atoms with van der Waals surface area (Å²) in [5.41, 5.74) is 2.39. The lowest BCUT2D eigenvalue weighted by molar-refractivity contribution is -0.140. The van der Waals surface area contributed by atoms with Crippen molar-refractivity contribution in [1.82, 2.24) is 5.32 Å². The van der Waals surface area contributed by atoms with Gasteiger partial charge in [0, 0.05) is 8.59 Å². The Balaban J connectivity index is 1.93. The van der Waals surface area contributed by atoms with Gasteiger partial charge in [-0.15, -0.1) is 0 Å². The van der Waals surface area contributed by atoms with Crippen LogP contribution in [-0.2, 0) is 9.59 Å². The molecule has 2 N–H and O–H groups in total. The summed E-state index contributed by atoms with van der Waals surface area (Å²) in [5, 5.41) is 13.4. The van der Waals surface area contributed by atoms with E-state index < -0.39 is 29.9 Å². The van der Waals surface area contributed by atoms with Gasteiger partial charge in [-0.25, -0.2) is 4.79 Å². The van der Waals surface area contributed by atoms with E-state index >= 15 is 0 Å². The largest absolute Gasteiger partial charge is 0.479 e. The molecule has 6 nitrogen and oxygen atoms in total. The molecule has 0 spiro atoms. The highest BCUT2D eigenvalue weighted by molar-refractivity contribution is 14.1. The van der Waals surface area contributed by atoms with Crippen LogP contribution in [0.5, 0.6) is 0 Å². The molecule has 8 heteroatoms. The highest BCUT2D eigenvalue weighted by Crippen LogP contribution is 2.37. The molecule has 3 aromatic carbocycles. The van der Waals surface area contributed by atoms with Gasteiger partial charge < -0.3 is 10.4 Å². The molecule has 0 saturated heterocycles. The van der Waals surface area contributed by atoms with Crippen molar-refractivity contribution in [1.29, 1.82) is 0 Å². The summed E-state index contributed by atoms with van der Waals surface area (Å²) in [5.74, 6) is -2.20. The van der Waals surface area contributed by atoms with Crippen LogP contribution in [-0.4, -0.2) is 22.9 Å². The Morgan fingerprint density at radius 3 is 2.34 bits per heavy atom. The van der Waals surface area contributed by atoms with E-state index in [2.05, 4.69) is 27.9 Å². The number of carbonyl (C=O) groups is 3. The van der Waals surface area contributed by atoms with Gasteiger partial charge in [0.05, 0.1) is 11.3 Å². The van der Waals surface area contributed by atoms with E-state index in [9.17, 15) is 19.5 Å². The van der Waals surface area contributed by atoms with Crippen LogP contribution in [0.15, 0.2) is 66.7 Å². The summed E-state index contributed by atoms with van der Waals surface area (Å²) in [7, 11) is 0. The van der Waals surface area contributed by atoms with Crippen LogP contribution in [0.1, 0.15) is 39.1 Å². The molecule has 0 aromatic heterocycles. The Labute approximate surface area is 203 Å². The smallest absolute Gasteiger partial charge is 0.331 e. The molecule has 0 saturated carbocycles. The number of nitrogens with one attached hydrogen (secondary N) is 1. The van der Waals surface area contributed by atoms with E-state index in [0.29, 0.717) is 16.1 Å². The molecule has 3 aromatic rings. The number of hydrogen-bond donors (Lipinski definition) is 2. The fourth-order valence-corrected chi connectivity index (χ4v) is 4.34. The van der Waals surface area contributed by atoms with Crippen LogP contribution in [0.2, 0.25) is 5.02 Å². The second-order valence-electron chi connectivity index (χ2n) is 7.48. The van der Waals surface area contributed by atoms with Gasteiger partial charge in [0.15, 0.2) is 6.04 Å². The van der Waals surface area contributed by atoms with E-state index in [4.69, 9.17) is 11.6 Å². The fourth-order valence-electron chi connectivity index (χ4n) is 3.73. The van der Waals surface area contributed by atoms with Gasteiger partial charge in [0.25, 0.3) is 11.8 Å². The summed E-state index contributed by atoms with van der Waals surface area (Å²) in [6, 6.07) is 16.1. The first-order chi connectivity index (χ1) is 15.3. The van der Waals surface area contributed by atoms with Gasteiger partial charge >= 0.3 is 5.97 Å². The van der Waals surface area contributed by atoms with Crippen LogP contribution in [0.3, 0.4) is 0 Å². The van der Waals surface area contributed by atoms with Crippen molar-refractivity contribution in [3.63, 3.8) is 0 Å². The van der Waals surface area contributed by atoms with Gasteiger partial charge in [0.2, 0.25) is 0 Å². The zero-order chi connectivity index (χ0) is 23.0. The SMILES string of the molecule is Cc1ccc(C(C(=O)O)N2C(=O)C(c3ccc(Cl)cc3)NC(=O)c3cc(I)ccc32)cc1. The van der Waals surface area contributed by atoms with Crippen molar-refractivity contribution in [2.45, 2.75) is 19.0 Å². The Morgan fingerprint density at radius 2 is 1.72 bits per heavy atom. The minimum absolute atomic E-state index is 0.236. The number of carboxylic acid groups (broad SMARTS) is 1. The minimum Gasteiger partial charge on any atom is -0.479 e. The highest BCUT2D eigenvalue weighted by Gasteiger charge is 2.41. The monoisotopic (exact) mass is 560 g/mol. The number of hydrogen-bond acceptors (Lipinski definition) is 3. The summed E-state index contributed by atoms with van der Waals surface area (Å²) >= 11 is 8.06. The number of benzene rings is 3. The molecule has 162 valence electrons. The van der Waals surface area contributed by atoms with Crippen molar-refractivity contribution in [2.24, 2.45) is 0 Å². The quantitative estimate of drug-likeness (QED) is 0.445. The number of halogens is 2. The third kappa shape index (κ3) is 4.22. The highest BCUT2D eigenvalue weighted by atomic mass is 127. The minimum atomic E-state index is -1.32. The van der Waals surface area contributed by atoms with Crippen molar-refractivity contribution >= 4 is 57.7 Å². The van der Waals surface area contributed by atoms with Crippen LogP contribution in [0.25, 0.3) is 0 Å². The molecule has 1 aliphatic heterocycles. The average molecular weight is 561 g/mol. The van der Waals surface area contributed by atoms with Crippen molar-refractivity contribution in [2.75, 3.05) is 4.90 Å². The van der Waals surface area contributed by atoms with Crippen molar-refractivity contribution < 1.29 is 19.5 Å². The first-order valence-electron chi connectivity index (χ1n) is 9.74.